The third-order valence-electron chi connectivity index (χ3n) is 2.99. The van der Waals surface area contributed by atoms with E-state index >= 15 is 0 Å². The van der Waals surface area contributed by atoms with Crippen LogP contribution in [-0.4, -0.2) is 19.9 Å². The standard InChI is InChI=1S/C14H10N4O2/c1-8-4-12-10(7-16-8)18-14(20-12)5-13-17-9-6-15-3-2-11(9)19-13/h2-4,6-7H,5H2,1H3. The highest BCUT2D eigenvalue weighted by Gasteiger charge is 2.12. The Morgan fingerprint density at radius 2 is 1.75 bits per heavy atom. The third kappa shape index (κ3) is 1.82. The average molecular weight is 266 g/mol. The molecule has 0 saturated heterocycles. The number of rotatable bonds is 2. The molecule has 6 nitrogen and oxygen atoms in total. The molecule has 4 aromatic rings. The highest BCUT2D eigenvalue weighted by atomic mass is 16.4. The van der Waals surface area contributed by atoms with Crippen LogP contribution in [0, 0.1) is 6.92 Å². The highest BCUT2D eigenvalue weighted by molar-refractivity contribution is 5.72. The first-order valence-corrected chi connectivity index (χ1v) is 6.19. The van der Waals surface area contributed by atoms with Crippen molar-refractivity contribution in [3.8, 4) is 0 Å². The summed E-state index contributed by atoms with van der Waals surface area (Å²) < 4.78 is 11.3. The number of fused-ring (bicyclic) bond motifs is 2. The van der Waals surface area contributed by atoms with Crippen molar-refractivity contribution in [3.05, 3.63) is 48.2 Å². The minimum Gasteiger partial charge on any atom is -0.440 e. The van der Waals surface area contributed by atoms with Gasteiger partial charge in [-0.1, -0.05) is 0 Å². The topological polar surface area (TPSA) is 77.8 Å². The van der Waals surface area contributed by atoms with Gasteiger partial charge in [0.1, 0.15) is 17.5 Å². The molecule has 0 bridgehead atoms. The Hall–Kier alpha value is -2.76. The van der Waals surface area contributed by atoms with Gasteiger partial charge in [-0.15, -0.1) is 0 Å². The molecule has 4 heterocycles. The van der Waals surface area contributed by atoms with Crippen LogP contribution in [0.1, 0.15) is 17.5 Å². The Labute approximate surface area is 113 Å². The molecule has 98 valence electrons. The van der Waals surface area contributed by atoms with E-state index in [0.717, 1.165) is 22.3 Å². The van der Waals surface area contributed by atoms with Gasteiger partial charge in [0.2, 0.25) is 11.8 Å². The fraction of sp³-hybridized carbons (Fsp3) is 0.143. The Kier molecular flexibility index (Phi) is 2.29. The molecule has 0 aliphatic heterocycles. The third-order valence-corrected chi connectivity index (χ3v) is 2.99. The van der Waals surface area contributed by atoms with Gasteiger partial charge in [-0.2, -0.15) is 0 Å². The molecule has 0 aliphatic rings. The summed E-state index contributed by atoms with van der Waals surface area (Å²) in [5.74, 6) is 1.12. The summed E-state index contributed by atoms with van der Waals surface area (Å²) in [5, 5.41) is 0. The normalized spacial score (nSPS) is 11.4. The molecule has 0 atom stereocenters. The summed E-state index contributed by atoms with van der Waals surface area (Å²) in [4.78, 5) is 16.9. The maximum absolute atomic E-state index is 5.68. The smallest absolute Gasteiger partial charge is 0.204 e. The lowest BCUT2D eigenvalue weighted by Crippen LogP contribution is -1.87. The molecule has 6 heteroatoms. The van der Waals surface area contributed by atoms with Crippen molar-refractivity contribution in [1.82, 2.24) is 19.9 Å². The molecule has 0 spiro atoms. The van der Waals surface area contributed by atoms with Gasteiger partial charge in [-0.3, -0.25) is 9.97 Å². The lowest BCUT2D eigenvalue weighted by Gasteiger charge is -1.88. The summed E-state index contributed by atoms with van der Waals surface area (Å²) in [6.07, 6.45) is 5.45. The number of hydrogen-bond acceptors (Lipinski definition) is 6. The largest absolute Gasteiger partial charge is 0.440 e. The van der Waals surface area contributed by atoms with Crippen molar-refractivity contribution in [2.45, 2.75) is 13.3 Å². The summed E-state index contributed by atoms with van der Waals surface area (Å²) in [7, 11) is 0. The molecule has 0 fully saturated rings. The van der Waals surface area contributed by atoms with Gasteiger partial charge in [0, 0.05) is 24.0 Å². The van der Waals surface area contributed by atoms with Crippen LogP contribution in [-0.2, 0) is 6.42 Å². The molecular formula is C14H10N4O2. The molecule has 0 N–H and O–H groups in total. The quantitative estimate of drug-likeness (QED) is 0.555. The number of oxazole rings is 2. The fourth-order valence-corrected chi connectivity index (χ4v) is 2.09. The Morgan fingerprint density at radius 1 is 1.00 bits per heavy atom. The van der Waals surface area contributed by atoms with Gasteiger partial charge >= 0.3 is 0 Å². The van der Waals surface area contributed by atoms with Crippen molar-refractivity contribution >= 4 is 22.2 Å². The zero-order valence-corrected chi connectivity index (χ0v) is 10.7. The lowest BCUT2D eigenvalue weighted by molar-refractivity contribution is 0.488. The Balaban J connectivity index is 1.72. The van der Waals surface area contributed by atoms with E-state index in [-0.39, 0.29) is 0 Å². The number of pyridine rings is 2. The van der Waals surface area contributed by atoms with Gasteiger partial charge in [-0.05, 0) is 6.92 Å². The Morgan fingerprint density at radius 3 is 2.55 bits per heavy atom. The second-order valence-corrected chi connectivity index (χ2v) is 4.53. The van der Waals surface area contributed by atoms with Crippen LogP contribution in [0.4, 0.5) is 0 Å². The van der Waals surface area contributed by atoms with E-state index in [9.17, 15) is 0 Å². The number of nitrogens with zero attached hydrogens (tertiary/aromatic N) is 4. The van der Waals surface area contributed by atoms with Gasteiger partial charge in [0.05, 0.1) is 12.4 Å². The van der Waals surface area contributed by atoms with Crippen molar-refractivity contribution in [1.29, 1.82) is 0 Å². The van der Waals surface area contributed by atoms with Gasteiger partial charge in [0.15, 0.2) is 11.2 Å². The van der Waals surface area contributed by atoms with Crippen LogP contribution in [0.2, 0.25) is 0 Å². The number of hydrogen-bond donors (Lipinski definition) is 0. The van der Waals surface area contributed by atoms with E-state index in [2.05, 4.69) is 19.9 Å². The minimum absolute atomic E-state index is 0.405. The first-order valence-electron chi connectivity index (χ1n) is 6.19. The predicted octanol–water partition coefficient (Wildman–Crippen LogP) is 2.66. The maximum atomic E-state index is 5.68. The highest BCUT2D eigenvalue weighted by Crippen LogP contribution is 2.19. The van der Waals surface area contributed by atoms with Crippen LogP contribution >= 0.6 is 0 Å². The van der Waals surface area contributed by atoms with E-state index in [1.807, 2.05) is 13.0 Å². The van der Waals surface area contributed by atoms with Crippen LogP contribution in [0.3, 0.4) is 0 Å². The zero-order chi connectivity index (χ0) is 13.5. The summed E-state index contributed by atoms with van der Waals surface area (Å²) >= 11 is 0. The average Bonchev–Trinajstić information content (AvgIpc) is 3.00. The van der Waals surface area contributed by atoms with Crippen LogP contribution < -0.4 is 0 Å². The molecule has 4 aromatic heterocycles. The molecule has 0 aliphatic carbocycles. The van der Waals surface area contributed by atoms with Crippen molar-refractivity contribution in [2.75, 3.05) is 0 Å². The molecule has 0 radical (unpaired) electrons. The second-order valence-electron chi connectivity index (χ2n) is 4.53. The molecule has 4 rings (SSSR count). The zero-order valence-electron chi connectivity index (χ0n) is 10.7. The van der Waals surface area contributed by atoms with Gasteiger partial charge in [0.25, 0.3) is 0 Å². The molecule has 0 saturated carbocycles. The maximum Gasteiger partial charge on any atom is 0.204 e. The second kappa shape index (κ2) is 4.12. The molecule has 0 unspecified atom stereocenters. The van der Waals surface area contributed by atoms with E-state index < -0.39 is 0 Å². The van der Waals surface area contributed by atoms with Crippen molar-refractivity contribution in [2.24, 2.45) is 0 Å². The van der Waals surface area contributed by atoms with Crippen LogP contribution in [0.25, 0.3) is 22.2 Å². The summed E-state index contributed by atoms with van der Waals surface area (Å²) in [5.41, 5.74) is 3.81. The first kappa shape index (κ1) is 11.1. The van der Waals surface area contributed by atoms with E-state index in [1.54, 1.807) is 24.7 Å². The monoisotopic (exact) mass is 266 g/mol. The predicted molar refractivity (Wildman–Crippen MR) is 71.2 cm³/mol. The molecule has 20 heavy (non-hydrogen) atoms. The fourth-order valence-electron chi connectivity index (χ4n) is 2.09. The van der Waals surface area contributed by atoms with E-state index in [4.69, 9.17) is 8.83 Å². The first-order chi connectivity index (χ1) is 9.78. The molecule has 0 amide bonds. The Bertz CT molecular complexity index is 877. The SMILES string of the molecule is Cc1cc2oc(Cc3nc4cnccc4o3)nc2cn1. The van der Waals surface area contributed by atoms with E-state index in [0.29, 0.717) is 23.8 Å². The lowest BCUT2D eigenvalue weighted by atomic mass is 10.3. The van der Waals surface area contributed by atoms with Crippen LogP contribution in [0.15, 0.2) is 39.6 Å². The summed E-state index contributed by atoms with van der Waals surface area (Å²) in [6, 6.07) is 3.65. The van der Waals surface area contributed by atoms with Gasteiger partial charge < -0.3 is 8.83 Å². The molecule has 0 aromatic carbocycles. The van der Waals surface area contributed by atoms with Crippen molar-refractivity contribution in [3.63, 3.8) is 0 Å². The molecular weight excluding hydrogens is 256 g/mol. The number of aromatic nitrogens is 4. The van der Waals surface area contributed by atoms with Crippen molar-refractivity contribution < 1.29 is 8.83 Å². The van der Waals surface area contributed by atoms with E-state index in [1.165, 1.54) is 0 Å². The number of aryl methyl sites for hydroxylation is 1. The van der Waals surface area contributed by atoms with Gasteiger partial charge in [-0.25, -0.2) is 9.97 Å². The van der Waals surface area contributed by atoms with Crippen LogP contribution in [0.5, 0.6) is 0 Å². The summed E-state index contributed by atoms with van der Waals surface area (Å²) in [6.45, 7) is 1.91. The minimum atomic E-state index is 0.405.